The summed E-state index contributed by atoms with van der Waals surface area (Å²) in [7, 11) is 2.29. The number of rotatable bonds is 5. The van der Waals surface area contributed by atoms with Crippen molar-refractivity contribution < 1.29 is 28.2 Å². The Labute approximate surface area is 102 Å². The number of benzene rings is 1. The predicted octanol–water partition coefficient (Wildman–Crippen LogP) is 1.46. The number of hydrogen-bond donors (Lipinski definition) is 2. The fourth-order valence-electron chi connectivity index (χ4n) is 1.50. The SMILES string of the molecule is COc1cc(C(N)CC(=O)O)c(F)c(OC)c1F. The molecule has 1 atom stereocenters. The molecule has 7 heteroatoms. The van der Waals surface area contributed by atoms with Gasteiger partial charge in [0.05, 0.1) is 20.6 Å². The highest BCUT2D eigenvalue weighted by Gasteiger charge is 2.24. The van der Waals surface area contributed by atoms with Gasteiger partial charge < -0.3 is 20.3 Å². The first kappa shape index (κ1) is 14.2. The van der Waals surface area contributed by atoms with Crippen LogP contribution in [0.25, 0.3) is 0 Å². The van der Waals surface area contributed by atoms with Gasteiger partial charge in [-0.1, -0.05) is 0 Å². The molecule has 0 saturated carbocycles. The predicted molar refractivity (Wildman–Crippen MR) is 58.6 cm³/mol. The third kappa shape index (κ3) is 2.67. The minimum absolute atomic E-state index is 0.174. The lowest BCUT2D eigenvalue weighted by Crippen LogP contribution is -2.17. The van der Waals surface area contributed by atoms with E-state index < -0.39 is 35.8 Å². The molecule has 0 aromatic heterocycles. The molecule has 0 fully saturated rings. The maximum Gasteiger partial charge on any atom is 0.305 e. The molecule has 100 valence electrons. The van der Waals surface area contributed by atoms with Gasteiger partial charge in [0, 0.05) is 11.6 Å². The van der Waals surface area contributed by atoms with E-state index in [1.54, 1.807) is 0 Å². The zero-order chi connectivity index (χ0) is 13.9. The molecule has 0 spiro atoms. The van der Waals surface area contributed by atoms with E-state index in [0.717, 1.165) is 13.2 Å². The smallest absolute Gasteiger partial charge is 0.305 e. The third-order valence-corrected chi connectivity index (χ3v) is 2.37. The summed E-state index contributed by atoms with van der Waals surface area (Å²) in [6.07, 6.45) is -0.491. The highest BCUT2D eigenvalue weighted by Crippen LogP contribution is 2.35. The summed E-state index contributed by atoms with van der Waals surface area (Å²) in [6.45, 7) is 0. The fraction of sp³-hybridized carbons (Fsp3) is 0.364. The standard InChI is InChI=1S/C11H13F2NO4/c1-17-7-3-5(6(14)4-8(15)16)9(12)11(18-2)10(7)13/h3,6H,4,14H2,1-2H3,(H,15,16). The number of ether oxygens (including phenoxy) is 2. The molecule has 3 N–H and O–H groups in total. The molecule has 0 heterocycles. The van der Waals surface area contributed by atoms with Crippen molar-refractivity contribution >= 4 is 5.97 Å². The molecule has 0 radical (unpaired) electrons. The maximum atomic E-state index is 13.9. The molecule has 0 amide bonds. The molecule has 1 unspecified atom stereocenters. The molecule has 0 saturated heterocycles. The van der Waals surface area contributed by atoms with Crippen molar-refractivity contribution in [3.63, 3.8) is 0 Å². The highest BCUT2D eigenvalue weighted by atomic mass is 19.1. The van der Waals surface area contributed by atoms with Crippen molar-refractivity contribution in [2.45, 2.75) is 12.5 Å². The Kier molecular flexibility index (Phi) is 4.43. The van der Waals surface area contributed by atoms with Crippen molar-refractivity contribution in [3.8, 4) is 11.5 Å². The Hall–Kier alpha value is -1.89. The van der Waals surface area contributed by atoms with E-state index in [2.05, 4.69) is 4.74 Å². The van der Waals surface area contributed by atoms with Gasteiger partial charge >= 0.3 is 5.97 Å². The van der Waals surface area contributed by atoms with Gasteiger partial charge in [-0.2, -0.15) is 4.39 Å². The molecule has 18 heavy (non-hydrogen) atoms. The van der Waals surface area contributed by atoms with Gasteiger partial charge in [0.25, 0.3) is 0 Å². The van der Waals surface area contributed by atoms with Gasteiger partial charge in [0.2, 0.25) is 5.82 Å². The van der Waals surface area contributed by atoms with Crippen LogP contribution in [-0.2, 0) is 4.79 Å². The molecule has 1 aromatic carbocycles. The van der Waals surface area contributed by atoms with E-state index in [0.29, 0.717) is 0 Å². The maximum absolute atomic E-state index is 13.9. The molecule has 0 bridgehead atoms. The number of carboxylic acids is 1. The van der Waals surface area contributed by atoms with Crippen molar-refractivity contribution in [3.05, 3.63) is 23.3 Å². The first-order valence-corrected chi connectivity index (χ1v) is 4.99. The van der Waals surface area contributed by atoms with Crippen LogP contribution in [0.5, 0.6) is 11.5 Å². The zero-order valence-corrected chi connectivity index (χ0v) is 9.87. The van der Waals surface area contributed by atoms with E-state index in [1.165, 1.54) is 7.11 Å². The number of aliphatic carboxylic acids is 1. The topological polar surface area (TPSA) is 81.8 Å². The van der Waals surface area contributed by atoms with Crippen LogP contribution in [0.4, 0.5) is 8.78 Å². The van der Waals surface area contributed by atoms with Crippen LogP contribution in [-0.4, -0.2) is 25.3 Å². The van der Waals surface area contributed by atoms with Crippen LogP contribution in [0.3, 0.4) is 0 Å². The fourth-order valence-corrected chi connectivity index (χ4v) is 1.50. The number of carboxylic acid groups (broad SMARTS) is 1. The monoisotopic (exact) mass is 261 g/mol. The first-order chi connectivity index (χ1) is 8.42. The third-order valence-electron chi connectivity index (χ3n) is 2.37. The van der Waals surface area contributed by atoms with Crippen molar-refractivity contribution in [2.75, 3.05) is 14.2 Å². The van der Waals surface area contributed by atoms with Gasteiger partial charge in [-0.25, -0.2) is 4.39 Å². The van der Waals surface area contributed by atoms with E-state index in [9.17, 15) is 13.6 Å². The average molecular weight is 261 g/mol. The van der Waals surface area contributed by atoms with Crippen LogP contribution in [0.15, 0.2) is 6.07 Å². The minimum atomic E-state index is -1.19. The number of carbonyl (C=O) groups is 1. The summed E-state index contributed by atoms with van der Waals surface area (Å²) in [5.41, 5.74) is 5.37. The molecular weight excluding hydrogens is 248 g/mol. The molecule has 1 rings (SSSR count). The second kappa shape index (κ2) is 5.63. The van der Waals surface area contributed by atoms with Crippen LogP contribution < -0.4 is 15.2 Å². The molecule has 0 aliphatic carbocycles. The van der Waals surface area contributed by atoms with E-state index >= 15 is 0 Å². The normalized spacial score (nSPS) is 12.1. The van der Waals surface area contributed by atoms with Crippen LogP contribution in [0, 0.1) is 11.6 Å². The second-order valence-electron chi connectivity index (χ2n) is 3.53. The number of halogens is 2. The molecule has 1 aromatic rings. The van der Waals surface area contributed by atoms with Gasteiger partial charge in [-0.15, -0.1) is 0 Å². The Morgan fingerprint density at radius 1 is 1.39 bits per heavy atom. The van der Waals surface area contributed by atoms with Gasteiger partial charge in [0.1, 0.15) is 0 Å². The first-order valence-electron chi connectivity index (χ1n) is 4.99. The summed E-state index contributed by atoms with van der Waals surface area (Å²) in [5.74, 6) is -4.12. The summed E-state index contributed by atoms with van der Waals surface area (Å²) in [6, 6.07) is -0.0910. The minimum Gasteiger partial charge on any atom is -0.494 e. The van der Waals surface area contributed by atoms with E-state index in [-0.39, 0.29) is 11.3 Å². The average Bonchev–Trinajstić information content (AvgIpc) is 2.29. The number of nitrogens with two attached hydrogens (primary N) is 1. The molecule has 5 nitrogen and oxygen atoms in total. The molecular formula is C11H13F2NO4. The van der Waals surface area contributed by atoms with Crippen LogP contribution in [0.2, 0.25) is 0 Å². The molecule has 0 aliphatic heterocycles. The van der Waals surface area contributed by atoms with Crippen molar-refractivity contribution in [1.29, 1.82) is 0 Å². The van der Waals surface area contributed by atoms with E-state index in [4.69, 9.17) is 15.6 Å². The number of hydrogen-bond acceptors (Lipinski definition) is 4. The lowest BCUT2D eigenvalue weighted by Gasteiger charge is -2.15. The summed E-state index contributed by atoms with van der Waals surface area (Å²) in [5, 5.41) is 8.60. The largest absolute Gasteiger partial charge is 0.494 e. The Bertz CT molecular complexity index is 465. The van der Waals surface area contributed by atoms with E-state index in [1.807, 2.05) is 0 Å². The van der Waals surface area contributed by atoms with Crippen molar-refractivity contribution in [2.24, 2.45) is 5.73 Å². The molecule has 0 aliphatic rings. The lowest BCUT2D eigenvalue weighted by molar-refractivity contribution is -0.137. The van der Waals surface area contributed by atoms with Crippen molar-refractivity contribution in [1.82, 2.24) is 0 Å². The van der Waals surface area contributed by atoms with Gasteiger partial charge in [-0.05, 0) is 6.07 Å². The number of methoxy groups -OCH3 is 2. The Balaban J connectivity index is 3.31. The van der Waals surface area contributed by atoms with Crippen LogP contribution in [0.1, 0.15) is 18.0 Å². The zero-order valence-electron chi connectivity index (χ0n) is 9.87. The highest BCUT2D eigenvalue weighted by molar-refractivity contribution is 5.68. The summed E-state index contributed by atoms with van der Waals surface area (Å²) >= 11 is 0. The Morgan fingerprint density at radius 3 is 2.44 bits per heavy atom. The summed E-state index contributed by atoms with van der Waals surface area (Å²) < 4.78 is 36.7. The quantitative estimate of drug-likeness (QED) is 0.838. The summed E-state index contributed by atoms with van der Waals surface area (Å²) in [4.78, 5) is 10.5. The van der Waals surface area contributed by atoms with Gasteiger partial charge in [0.15, 0.2) is 17.3 Å². The van der Waals surface area contributed by atoms with Crippen LogP contribution >= 0.6 is 0 Å². The Morgan fingerprint density at radius 2 is 2.00 bits per heavy atom. The van der Waals surface area contributed by atoms with Gasteiger partial charge in [-0.3, -0.25) is 4.79 Å². The lowest BCUT2D eigenvalue weighted by atomic mass is 10.0. The second-order valence-corrected chi connectivity index (χ2v) is 3.53.